The van der Waals surface area contributed by atoms with Gasteiger partial charge in [0.05, 0.1) is 19.3 Å². The van der Waals surface area contributed by atoms with Crippen molar-refractivity contribution >= 4 is 5.78 Å². The van der Waals surface area contributed by atoms with Crippen LogP contribution in [0.15, 0.2) is 6.20 Å². The molecule has 1 aromatic heterocycles. The van der Waals surface area contributed by atoms with Crippen molar-refractivity contribution in [3.05, 3.63) is 11.9 Å². The van der Waals surface area contributed by atoms with E-state index in [1.54, 1.807) is 10.9 Å². The van der Waals surface area contributed by atoms with Gasteiger partial charge in [0.2, 0.25) is 5.78 Å². The van der Waals surface area contributed by atoms with Crippen LogP contribution in [0.2, 0.25) is 0 Å². The van der Waals surface area contributed by atoms with Crippen LogP contribution in [0, 0.1) is 5.92 Å². The summed E-state index contributed by atoms with van der Waals surface area (Å²) >= 11 is 0. The Balaban J connectivity index is 2.98. The molecule has 0 radical (unpaired) electrons. The second-order valence-electron chi connectivity index (χ2n) is 4.88. The van der Waals surface area contributed by atoms with Gasteiger partial charge in [-0.05, 0) is 18.8 Å². The van der Waals surface area contributed by atoms with Crippen LogP contribution in [0.1, 0.15) is 44.1 Å². The van der Waals surface area contributed by atoms with Crippen molar-refractivity contribution in [1.82, 2.24) is 9.78 Å². The summed E-state index contributed by atoms with van der Waals surface area (Å²) in [6.07, 6.45) is 3.15. The molecule has 0 saturated carbocycles. The number of nitrogens with zero attached hydrogens (tertiary/aromatic N) is 2. The first-order valence-electron chi connectivity index (χ1n) is 6.40. The van der Waals surface area contributed by atoms with E-state index < -0.39 is 6.04 Å². The van der Waals surface area contributed by atoms with E-state index >= 15 is 0 Å². The van der Waals surface area contributed by atoms with Gasteiger partial charge in [0.1, 0.15) is 5.69 Å². The number of hydrogen-bond acceptors (Lipinski definition) is 4. The van der Waals surface area contributed by atoms with Crippen LogP contribution in [-0.4, -0.2) is 28.7 Å². The molecule has 0 saturated heterocycles. The van der Waals surface area contributed by atoms with Crippen molar-refractivity contribution in [3.63, 3.8) is 0 Å². The Kier molecular flexibility index (Phi) is 5.34. The summed E-state index contributed by atoms with van der Waals surface area (Å²) in [5.41, 5.74) is 6.44. The highest BCUT2D eigenvalue weighted by Crippen LogP contribution is 2.21. The summed E-state index contributed by atoms with van der Waals surface area (Å²) < 4.78 is 6.87. The Bertz CT molecular complexity index is 399. The average molecular weight is 253 g/mol. The molecular formula is C13H23N3O2. The maximum Gasteiger partial charge on any atom is 0.201 e. The zero-order chi connectivity index (χ0) is 13.7. The lowest BCUT2D eigenvalue weighted by Crippen LogP contribution is -2.33. The van der Waals surface area contributed by atoms with Crippen molar-refractivity contribution in [3.8, 4) is 5.75 Å². The number of carbonyl (C=O) groups excluding carboxylic acids is 1. The molecule has 18 heavy (non-hydrogen) atoms. The van der Waals surface area contributed by atoms with Gasteiger partial charge < -0.3 is 10.5 Å². The minimum Gasteiger partial charge on any atom is -0.493 e. The number of rotatable bonds is 7. The molecule has 0 fully saturated rings. The Morgan fingerprint density at radius 3 is 2.72 bits per heavy atom. The first-order chi connectivity index (χ1) is 8.51. The van der Waals surface area contributed by atoms with E-state index in [-0.39, 0.29) is 5.78 Å². The molecule has 1 heterocycles. The van der Waals surface area contributed by atoms with Crippen LogP contribution in [0.5, 0.6) is 5.75 Å². The van der Waals surface area contributed by atoms with Gasteiger partial charge in [-0.15, -0.1) is 0 Å². The smallest absolute Gasteiger partial charge is 0.201 e. The van der Waals surface area contributed by atoms with E-state index in [1.807, 2.05) is 20.8 Å². The number of aromatic nitrogens is 2. The number of ether oxygens (including phenoxy) is 1. The number of hydrogen-bond donors (Lipinski definition) is 1. The summed E-state index contributed by atoms with van der Waals surface area (Å²) in [6, 6.07) is -0.494. The summed E-state index contributed by atoms with van der Waals surface area (Å²) in [5, 5.41) is 4.17. The monoisotopic (exact) mass is 253 g/mol. The fourth-order valence-electron chi connectivity index (χ4n) is 1.94. The highest BCUT2D eigenvalue weighted by atomic mass is 16.5. The fraction of sp³-hybridized carbons (Fsp3) is 0.692. The van der Waals surface area contributed by atoms with Gasteiger partial charge in [0.25, 0.3) is 0 Å². The fourth-order valence-corrected chi connectivity index (χ4v) is 1.94. The number of ketones is 1. The predicted molar refractivity (Wildman–Crippen MR) is 70.8 cm³/mol. The lowest BCUT2D eigenvalue weighted by atomic mass is 9.99. The molecule has 1 atom stereocenters. The van der Waals surface area contributed by atoms with Gasteiger partial charge in [0, 0.05) is 6.54 Å². The molecule has 0 aliphatic carbocycles. The Labute approximate surface area is 108 Å². The third-order valence-corrected chi connectivity index (χ3v) is 2.76. The van der Waals surface area contributed by atoms with Gasteiger partial charge in [-0.2, -0.15) is 5.10 Å². The molecule has 0 aliphatic rings. The van der Waals surface area contributed by atoms with Gasteiger partial charge in [-0.3, -0.25) is 9.48 Å². The van der Waals surface area contributed by atoms with Gasteiger partial charge in [0.15, 0.2) is 5.75 Å². The number of aryl methyl sites for hydroxylation is 1. The van der Waals surface area contributed by atoms with Crippen LogP contribution < -0.4 is 10.5 Å². The summed E-state index contributed by atoms with van der Waals surface area (Å²) in [6.45, 7) is 6.83. The van der Waals surface area contributed by atoms with Crippen molar-refractivity contribution in [2.75, 3.05) is 7.11 Å². The van der Waals surface area contributed by atoms with Gasteiger partial charge >= 0.3 is 0 Å². The molecule has 0 amide bonds. The molecule has 102 valence electrons. The Morgan fingerprint density at radius 2 is 2.22 bits per heavy atom. The van der Waals surface area contributed by atoms with Crippen LogP contribution >= 0.6 is 0 Å². The Hall–Kier alpha value is -1.36. The second kappa shape index (κ2) is 6.54. The standard InChI is InChI=1S/C13H23N3O2/c1-5-6-16-12(11(18-4)8-15-16)13(17)10(14)7-9(2)3/h8-10H,5-7,14H2,1-4H3. The normalized spacial score (nSPS) is 12.8. The molecule has 1 rings (SSSR count). The van der Waals surface area contributed by atoms with Gasteiger partial charge in [-0.1, -0.05) is 20.8 Å². The van der Waals surface area contributed by atoms with E-state index in [2.05, 4.69) is 5.10 Å². The minimum absolute atomic E-state index is 0.0912. The molecule has 1 aromatic rings. The number of nitrogens with two attached hydrogens (primary N) is 1. The molecule has 0 spiro atoms. The number of Topliss-reactive ketones (excluding diaryl/α,β-unsaturated/α-hetero) is 1. The van der Waals surface area contributed by atoms with Crippen LogP contribution in [-0.2, 0) is 6.54 Å². The highest BCUT2D eigenvalue weighted by Gasteiger charge is 2.24. The average Bonchev–Trinajstić information content (AvgIpc) is 2.70. The highest BCUT2D eigenvalue weighted by molar-refractivity contribution is 6.00. The van der Waals surface area contributed by atoms with E-state index in [0.29, 0.717) is 30.3 Å². The zero-order valence-electron chi connectivity index (χ0n) is 11.6. The van der Waals surface area contributed by atoms with E-state index in [1.165, 1.54) is 7.11 Å². The Morgan fingerprint density at radius 1 is 1.56 bits per heavy atom. The number of methoxy groups -OCH3 is 1. The first kappa shape index (κ1) is 14.7. The molecular weight excluding hydrogens is 230 g/mol. The SMILES string of the molecule is CCCn1ncc(OC)c1C(=O)C(N)CC(C)C. The van der Waals surface area contributed by atoms with Crippen LogP contribution in [0.3, 0.4) is 0 Å². The molecule has 5 nitrogen and oxygen atoms in total. The molecule has 0 bridgehead atoms. The first-order valence-corrected chi connectivity index (χ1v) is 6.40. The molecule has 2 N–H and O–H groups in total. The molecule has 5 heteroatoms. The molecule has 1 unspecified atom stereocenters. The van der Waals surface area contributed by atoms with Gasteiger partial charge in [-0.25, -0.2) is 0 Å². The minimum atomic E-state index is -0.494. The lowest BCUT2D eigenvalue weighted by molar-refractivity contribution is 0.0937. The quantitative estimate of drug-likeness (QED) is 0.753. The zero-order valence-corrected chi connectivity index (χ0v) is 11.6. The van der Waals surface area contributed by atoms with E-state index in [9.17, 15) is 4.79 Å². The maximum atomic E-state index is 12.4. The van der Waals surface area contributed by atoms with E-state index in [0.717, 1.165) is 6.42 Å². The summed E-state index contributed by atoms with van der Waals surface area (Å²) in [4.78, 5) is 12.4. The van der Waals surface area contributed by atoms with Crippen molar-refractivity contribution in [1.29, 1.82) is 0 Å². The summed E-state index contributed by atoms with van der Waals surface area (Å²) in [5.74, 6) is 0.802. The largest absolute Gasteiger partial charge is 0.493 e. The second-order valence-corrected chi connectivity index (χ2v) is 4.88. The topological polar surface area (TPSA) is 70.1 Å². The molecule has 0 aromatic carbocycles. The van der Waals surface area contributed by atoms with E-state index in [4.69, 9.17) is 10.5 Å². The van der Waals surface area contributed by atoms with Crippen molar-refractivity contribution in [2.45, 2.75) is 46.2 Å². The predicted octanol–water partition coefficient (Wildman–Crippen LogP) is 1.86. The third kappa shape index (κ3) is 3.32. The van der Waals surface area contributed by atoms with Crippen molar-refractivity contribution in [2.24, 2.45) is 11.7 Å². The summed E-state index contributed by atoms with van der Waals surface area (Å²) in [7, 11) is 1.54. The van der Waals surface area contributed by atoms with Crippen LogP contribution in [0.25, 0.3) is 0 Å². The molecule has 0 aliphatic heterocycles. The number of carbonyl (C=O) groups is 1. The third-order valence-electron chi connectivity index (χ3n) is 2.76. The van der Waals surface area contributed by atoms with Crippen LogP contribution in [0.4, 0.5) is 0 Å². The maximum absolute atomic E-state index is 12.4. The lowest BCUT2D eigenvalue weighted by Gasteiger charge is -2.14. The van der Waals surface area contributed by atoms with Crippen molar-refractivity contribution < 1.29 is 9.53 Å².